The average molecular weight is 236 g/mol. The zero-order chi connectivity index (χ0) is 10.7. The lowest BCUT2D eigenvalue weighted by molar-refractivity contribution is 0.818. The van der Waals surface area contributed by atoms with Gasteiger partial charge in [-0.25, -0.2) is 9.97 Å². The predicted molar refractivity (Wildman–Crippen MR) is 67.3 cm³/mol. The number of hydrogen-bond acceptors (Lipinski definition) is 3. The quantitative estimate of drug-likeness (QED) is 0.871. The molecule has 1 unspecified atom stereocenters. The van der Waals surface area contributed by atoms with E-state index in [-0.39, 0.29) is 18.4 Å². The smallest absolute Gasteiger partial charge is 0.115 e. The second-order valence-corrected chi connectivity index (χ2v) is 3.54. The molecule has 0 aliphatic carbocycles. The van der Waals surface area contributed by atoms with Crippen molar-refractivity contribution in [2.24, 2.45) is 5.73 Å². The Morgan fingerprint density at radius 3 is 2.06 bits per heavy atom. The van der Waals surface area contributed by atoms with Gasteiger partial charge in [-0.15, -0.1) is 12.4 Å². The molecule has 0 saturated carbocycles. The first-order valence-corrected chi connectivity index (χ1v) is 4.88. The minimum absolute atomic E-state index is 0. The Morgan fingerprint density at radius 1 is 1.00 bits per heavy atom. The molecule has 0 spiro atoms. The lowest BCUT2D eigenvalue weighted by atomic mass is 10.0. The number of nitrogens with zero attached hydrogens (tertiary/aromatic N) is 2. The van der Waals surface area contributed by atoms with E-state index in [1.807, 2.05) is 31.2 Å². The van der Waals surface area contributed by atoms with Crippen LogP contribution in [0.3, 0.4) is 0 Å². The minimum Gasteiger partial charge on any atom is -0.324 e. The fraction of sp³-hybridized carbons (Fsp3) is 0.167. The van der Waals surface area contributed by atoms with Crippen LogP contribution in [-0.2, 0) is 0 Å². The van der Waals surface area contributed by atoms with Crippen LogP contribution in [-0.4, -0.2) is 9.97 Å². The molecule has 1 aromatic heterocycles. The van der Waals surface area contributed by atoms with Crippen LogP contribution in [0.2, 0.25) is 0 Å². The highest BCUT2D eigenvalue weighted by Crippen LogP contribution is 2.19. The van der Waals surface area contributed by atoms with Gasteiger partial charge in [-0.2, -0.15) is 0 Å². The molecular formula is C12H14ClN3. The molecule has 0 aliphatic heterocycles. The molecule has 1 atom stereocenters. The molecule has 3 nitrogen and oxygen atoms in total. The normalized spacial score (nSPS) is 11.6. The summed E-state index contributed by atoms with van der Waals surface area (Å²) in [6, 6.07) is 8.22. The predicted octanol–water partition coefficient (Wildman–Crippen LogP) is 2.59. The Morgan fingerprint density at radius 2 is 1.56 bits per heavy atom. The lowest BCUT2D eigenvalue weighted by Gasteiger charge is -2.06. The van der Waals surface area contributed by atoms with E-state index in [0.29, 0.717) is 0 Å². The van der Waals surface area contributed by atoms with Gasteiger partial charge in [0.25, 0.3) is 0 Å². The Labute approximate surface area is 101 Å². The van der Waals surface area contributed by atoms with E-state index in [2.05, 4.69) is 9.97 Å². The SMILES string of the molecule is CC(N)c1ccc(-c2cncnc2)cc1.Cl. The minimum atomic E-state index is 0. The van der Waals surface area contributed by atoms with E-state index >= 15 is 0 Å². The fourth-order valence-corrected chi connectivity index (χ4v) is 1.43. The van der Waals surface area contributed by atoms with Crippen molar-refractivity contribution in [2.45, 2.75) is 13.0 Å². The standard InChI is InChI=1S/C12H13N3.ClH/c1-9(13)10-2-4-11(5-3-10)12-6-14-8-15-7-12;/h2-9H,13H2,1H3;1H. The molecular weight excluding hydrogens is 222 g/mol. The van der Waals surface area contributed by atoms with Crippen molar-refractivity contribution in [1.29, 1.82) is 0 Å². The summed E-state index contributed by atoms with van der Waals surface area (Å²) in [5, 5.41) is 0. The third kappa shape index (κ3) is 2.78. The van der Waals surface area contributed by atoms with Gasteiger partial charge >= 0.3 is 0 Å². The van der Waals surface area contributed by atoms with Crippen molar-refractivity contribution in [1.82, 2.24) is 9.97 Å². The van der Waals surface area contributed by atoms with Gasteiger partial charge in [0, 0.05) is 24.0 Å². The Balaban J connectivity index is 0.00000128. The summed E-state index contributed by atoms with van der Waals surface area (Å²) in [5.74, 6) is 0. The second kappa shape index (κ2) is 5.58. The number of hydrogen-bond donors (Lipinski definition) is 1. The summed E-state index contributed by atoms with van der Waals surface area (Å²) >= 11 is 0. The van der Waals surface area contributed by atoms with Gasteiger partial charge in [-0.05, 0) is 18.1 Å². The maximum atomic E-state index is 5.78. The van der Waals surface area contributed by atoms with Crippen molar-refractivity contribution in [2.75, 3.05) is 0 Å². The summed E-state index contributed by atoms with van der Waals surface area (Å²) in [6.07, 6.45) is 5.13. The summed E-state index contributed by atoms with van der Waals surface area (Å²) < 4.78 is 0. The fourth-order valence-electron chi connectivity index (χ4n) is 1.43. The summed E-state index contributed by atoms with van der Waals surface area (Å²) in [5.41, 5.74) is 9.05. The molecule has 1 aromatic carbocycles. The zero-order valence-electron chi connectivity index (χ0n) is 9.00. The van der Waals surface area contributed by atoms with E-state index in [9.17, 15) is 0 Å². The van der Waals surface area contributed by atoms with E-state index in [1.54, 1.807) is 12.4 Å². The Bertz CT molecular complexity index is 426. The van der Waals surface area contributed by atoms with E-state index in [1.165, 1.54) is 6.33 Å². The van der Waals surface area contributed by atoms with Crippen molar-refractivity contribution in [3.63, 3.8) is 0 Å². The van der Waals surface area contributed by atoms with Crippen LogP contribution in [0, 0.1) is 0 Å². The first kappa shape index (κ1) is 12.6. The molecule has 84 valence electrons. The zero-order valence-corrected chi connectivity index (χ0v) is 9.82. The topological polar surface area (TPSA) is 51.8 Å². The maximum absolute atomic E-state index is 5.78. The number of aromatic nitrogens is 2. The molecule has 0 bridgehead atoms. The number of nitrogens with two attached hydrogens (primary N) is 1. The van der Waals surface area contributed by atoms with Gasteiger partial charge in [-0.1, -0.05) is 24.3 Å². The van der Waals surface area contributed by atoms with Gasteiger partial charge in [-0.3, -0.25) is 0 Å². The second-order valence-electron chi connectivity index (χ2n) is 3.54. The first-order valence-electron chi connectivity index (χ1n) is 4.88. The van der Waals surface area contributed by atoms with Crippen LogP contribution in [0.1, 0.15) is 18.5 Å². The molecule has 16 heavy (non-hydrogen) atoms. The molecule has 0 aliphatic rings. The van der Waals surface area contributed by atoms with Gasteiger partial charge in [0.2, 0.25) is 0 Å². The van der Waals surface area contributed by atoms with E-state index in [4.69, 9.17) is 5.73 Å². The van der Waals surface area contributed by atoms with Gasteiger partial charge in [0.1, 0.15) is 6.33 Å². The molecule has 0 saturated heterocycles. The largest absolute Gasteiger partial charge is 0.324 e. The number of benzene rings is 1. The van der Waals surface area contributed by atoms with E-state index < -0.39 is 0 Å². The van der Waals surface area contributed by atoms with Crippen molar-refractivity contribution in [3.05, 3.63) is 48.5 Å². The van der Waals surface area contributed by atoms with Gasteiger partial charge in [0.15, 0.2) is 0 Å². The maximum Gasteiger partial charge on any atom is 0.115 e. The number of halogens is 1. The molecule has 2 aromatic rings. The van der Waals surface area contributed by atoms with Crippen molar-refractivity contribution >= 4 is 12.4 Å². The van der Waals surface area contributed by atoms with Crippen LogP contribution in [0.5, 0.6) is 0 Å². The highest BCUT2D eigenvalue weighted by atomic mass is 35.5. The van der Waals surface area contributed by atoms with E-state index in [0.717, 1.165) is 16.7 Å². The molecule has 0 radical (unpaired) electrons. The molecule has 2 N–H and O–H groups in total. The Hall–Kier alpha value is -1.45. The van der Waals surface area contributed by atoms with Crippen LogP contribution in [0.15, 0.2) is 43.0 Å². The summed E-state index contributed by atoms with van der Waals surface area (Å²) in [4.78, 5) is 7.97. The highest BCUT2D eigenvalue weighted by molar-refractivity contribution is 5.85. The van der Waals surface area contributed by atoms with Crippen LogP contribution in [0.25, 0.3) is 11.1 Å². The molecule has 1 heterocycles. The Kier molecular flexibility index (Phi) is 4.40. The molecule has 0 fully saturated rings. The van der Waals surface area contributed by atoms with Crippen LogP contribution < -0.4 is 5.73 Å². The van der Waals surface area contributed by atoms with Crippen molar-refractivity contribution in [3.8, 4) is 11.1 Å². The summed E-state index contributed by atoms with van der Waals surface area (Å²) in [7, 11) is 0. The van der Waals surface area contributed by atoms with Crippen LogP contribution in [0.4, 0.5) is 0 Å². The lowest BCUT2D eigenvalue weighted by Crippen LogP contribution is -2.04. The highest BCUT2D eigenvalue weighted by Gasteiger charge is 2.00. The molecule has 4 heteroatoms. The molecule has 2 rings (SSSR count). The first-order chi connectivity index (χ1) is 7.27. The third-order valence-electron chi connectivity index (χ3n) is 2.33. The van der Waals surface area contributed by atoms with Gasteiger partial charge in [0.05, 0.1) is 0 Å². The summed E-state index contributed by atoms with van der Waals surface area (Å²) in [6.45, 7) is 1.97. The average Bonchev–Trinajstić information content (AvgIpc) is 2.30. The molecule has 0 amide bonds. The number of rotatable bonds is 2. The van der Waals surface area contributed by atoms with Crippen molar-refractivity contribution < 1.29 is 0 Å². The van der Waals surface area contributed by atoms with Crippen LogP contribution >= 0.6 is 12.4 Å². The van der Waals surface area contributed by atoms with Gasteiger partial charge < -0.3 is 5.73 Å². The monoisotopic (exact) mass is 235 g/mol. The third-order valence-corrected chi connectivity index (χ3v) is 2.33.